The van der Waals surface area contributed by atoms with E-state index in [9.17, 15) is 8.42 Å². The summed E-state index contributed by atoms with van der Waals surface area (Å²) >= 11 is 2.90. The maximum Gasteiger partial charge on any atom is 0.224 e. The van der Waals surface area contributed by atoms with Crippen LogP contribution in [-0.4, -0.2) is 39.6 Å². The highest BCUT2D eigenvalue weighted by Crippen LogP contribution is 2.04. The average molecular weight is 269 g/mol. The van der Waals surface area contributed by atoms with Crippen molar-refractivity contribution in [3.05, 3.63) is 12.2 Å². The Hall–Kier alpha value is -0.470. The summed E-state index contributed by atoms with van der Waals surface area (Å²) in [6, 6.07) is 0. The second-order valence-corrected chi connectivity index (χ2v) is 5.79. The molecule has 8 heteroatoms. The molecule has 1 rings (SSSR count). The lowest BCUT2D eigenvalue weighted by atomic mass is 10.6. The van der Waals surface area contributed by atoms with Crippen molar-refractivity contribution in [1.82, 2.24) is 19.5 Å². The summed E-state index contributed by atoms with van der Waals surface area (Å²) < 4.78 is 23.6. The number of rotatable bonds is 4. The summed E-state index contributed by atoms with van der Waals surface area (Å²) in [6.07, 6.45) is 1.34. The summed E-state index contributed by atoms with van der Waals surface area (Å²) in [7, 11) is -1.73. The number of hydrogen-bond donors (Lipinski definition) is 1. The van der Waals surface area contributed by atoms with Gasteiger partial charge in [0.05, 0.1) is 6.54 Å². The second-order valence-electron chi connectivity index (χ2n) is 2.41. The van der Waals surface area contributed by atoms with Crippen molar-refractivity contribution >= 4 is 26.0 Å². The third-order valence-corrected chi connectivity index (χ3v) is 4.54. The van der Waals surface area contributed by atoms with E-state index in [0.29, 0.717) is 5.82 Å². The molecule has 0 saturated heterocycles. The third kappa shape index (κ3) is 2.75. The molecule has 74 valence electrons. The summed E-state index contributed by atoms with van der Waals surface area (Å²) in [4.78, 5) is 3.82. The Labute approximate surface area is 84.5 Å². The molecular formula is C5H9BrN4O2S. The van der Waals surface area contributed by atoms with Gasteiger partial charge >= 0.3 is 0 Å². The Morgan fingerprint density at radius 1 is 1.69 bits per heavy atom. The lowest BCUT2D eigenvalue weighted by molar-refractivity contribution is 0.461. The first kappa shape index (κ1) is 10.6. The molecule has 0 saturated carbocycles. The molecule has 0 fully saturated rings. The molecule has 0 aliphatic heterocycles. The fourth-order valence-corrected chi connectivity index (χ4v) is 2.23. The third-order valence-electron chi connectivity index (χ3n) is 1.45. The van der Waals surface area contributed by atoms with Gasteiger partial charge in [-0.2, -0.15) is 9.40 Å². The molecule has 1 aromatic rings. The molecule has 0 atom stereocenters. The van der Waals surface area contributed by atoms with Crippen LogP contribution < -0.4 is 0 Å². The van der Waals surface area contributed by atoms with E-state index in [1.807, 2.05) is 0 Å². The van der Waals surface area contributed by atoms with Gasteiger partial charge in [0.25, 0.3) is 0 Å². The van der Waals surface area contributed by atoms with Crippen LogP contribution in [0.3, 0.4) is 0 Å². The molecule has 0 amide bonds. The largest absolute Gasteiger partial charge is 0.262 e. The Morgan fingerprint density at radius 2 is 2.38 bits per heavy atom. The van der Waals surface area contributed by atoms with Crippen LogP contribution in [0.1, 0.15) is 5.82 Å². The molecule has 0 spiro atoms. The van der Waals surface area contributed by atoms with Crippen molar-refractivity contribution < 1.29 is 8.42 Å². The predicted molar refractivity (Wildman–Crippen MR) is 50.6 cm³/mol. The van der Waals surface area contributed by atoms with Gasteiger partial charge in [0.2, 0.25) is 10.0 Å². The predicted octanol–water partition coefficient (Wildman–Crippen LogP) is -0.0813. The standard InChI is InChI=1S/C5H9BrN4O2S/c1-10(13(11,12)3-6)2-5-7-4-8-9-5/h4H,2-3H2,1H3,(H,7,8,9). The van der Waals surface area contributed by atoms with Gasteiger partial charge in [-0.15, -0.1) is 0 Å². The fraction of sp³-hybridized carbons (Fsp3) is 0.600. The molecule has 6 nitrogen and oxygen atoms in total. The number of nitrogens with zero attached hydrogens (tertiary/aromatic N) is 3. The fourth-order valence-electron chi connectivity index (χ4n) is 0.700. The van der Waals surface area contributed by atoms with Crippen LogP contribution >= 0.6 is 15.9 Å². The first-order valence-electron chi connectivity index (χ1n) is 3.40. The Kier molecular flexibility index (Phi) is 3.40. The zero-order chi connectivity index (χ0) is 9.90. The Morgan fingerprint density at radius 3 is 2.85 bits per heavy atom. The van der Waals surface area contributed by atoms with E-state index >= 15 is 0 Å². The highest BCUT2D eigenvalue weighted by molar-refractivity contribution is 9.10. The molecule has 1 aromatic heterocycles. The van der Waals surface area contributed by atoms with E-state index in [4.69, 9.17) is 0 Å². The summed E-state index contributed by atoms with van der Waals surface area (Å²) in [5.74, 6) is 0.520. The molecule has 0 bridgehead atoms. The molecule has 0 aliphatic carbocycles. The van der Waals surface area contributed by atoms with Gasteiger partial charge in [-0.1, -0.05) is 15.9 Å². The van der Waals surface area contributed by atoms with E-state index in [1.54, 1.807) is 0 Å². The van der Waals surface area contributed by atoms with E-state index in [-0.39, 0.29) is 11.2 Å². The van der Waals surface area contributed by atoms with Crippen LogP contribution in [0, 0.1) is 0 Å². The number of sulfonamides is 1. The molecular weight excluding hydrogens is 260 g/mol. The minimum absolute atomic E-state index is 0.0926. The van der Waals surface area contributed by atoms with Crippen molar-refractivity contribution in [2.75, 3.05) is 11.7 Å². The quantitative estimate of drug-likeness (QED) is 0.775. The van der Waals surface area contributed by atoms with Crippen molar-refractivity contribution in [2.24, 2.45) is 0 Å². The lowest BCUT2D eigenvalue weighted by Gasteiger charge is -2.12. The van der Waals surface area contributed by atoms with Crippen molar-refractivity contribution in [2.45, 2.75) is 6.54 Å². The van der Waals surface area contributed by atoms with Gasteiger partial charge in [-0.3, -0.25) is 5.10 Å². The molecule has 0 aromatic carbocycles. The smallest absolute Gasteiger partial charge is 0.224 e. The van der Waals surface area contributed by atoms with Crippen LogP contribution in [0.4, 0.5) is 0 Å². The number of nitrogens with one attached hydrogen (secondary N) is 1. The Bertz CT molecular complexity index is 349. The van der Waals surface area contributed by atoms with Crippen LogP contribution in [0.25, 0.3) is 0 Å². The Balaban J connectivity index is 2.66. The van der Waals surface area contributed by atoms with Gasteiger partial charge in [-0.05, 0) is 0 Å². The normalized spacial score (nSPS) is 12.2. The molecule has 1 N–H and O–H groups in total. The van der Waals surface area contributed by atoms with E-state index in [0.717, 1.165) is 0 Å². The molecule has 0 aliphatic rings. The van der Waals surface area contributed by atoms with E-state index in [1.165, 1.54) is 17.7 Å². The molecule has 1 heterocycles. The van der Waals surface area contributed by atoms with Gasteiger partial charge in [0, 0.05) is 7.05 Å². The van der Waals surface area contributed by atoms with Crippen molar-refractivity contribution in [3.8, 4) is 0 Å². The highest BCUT2D eigenvalue weighted by atomic mass is 79.9. The van der Waals surface area contributed by atoms with Crippen molar-refractivity contribution in [1.29, 1.82) is 0 Å². The van der Waals surface area contributed by atoms with Crippen LogP contribution in [0.5, 0.6) is 0 Å². The van der Waals surface area contributed by atoms with E-state index < -0.39 is 10.0 Å². The summed E-state index contributed by atoms with van der Waals surface area (Å²) in [5, 5.41) is 6.20. The average Bonchev–Trinajstić information content (AvgIpc) is 2.57. The molecule has 13 heavy (non-hydrogen) atoms. The molecule has 0 unspecified atom stereocenters. The number of aromatic amines is 1. The SMILES string of the molecule is CN(Cc1ncn[nH]1)S(=O)(=O)CBr. The van der Waals surface area contributed by atoms with Crippen LogP contribution in [-0.2, 0) is 16.6 Å². The summed E-state index contributed by atoms with van der Waals surface area (Å²) in [5.41, 5.74) is 0. The number of alkyl halides is 1. The lowest BCUT2D eigenvalue weighted by Crippen LogP contribution is -2.27. The first-order valence-corrected chi connectivity index (χ1v) is 6.13. The van der Waals surface area contributed by atoms with Gasteiger partial charge in [0.15, 0.2) is 0 Å². The number of hydrogen-bond acceptors (Lipinski definition) is 4. The topological polar surface area (TPSA) is 79.0 Å². The van der Waals surface area contributed by atoms with Crippen LogP contribution in [0.15, 0.2) is 6.33 Å². The van der Waals surface area contributed by atoms with Gasteiger partial charge < -0.3 is 0 Å². The maximum absolute atomic E-state index is 11.2. The highest BCUT2D eigenvalue weighted by Gasteiger charge is 2.16. The van der Waals surface area contributed by atoms with Gasteiger partial charge in [0.1, 0.15) is 16.8 Å². The monoisotopic (exact) mass is 268 g/mol. The van der Waals surface area contributed by atoms with Crippen LogP contribution in [0.2, 0.25) is 0 Å². The minimum atomic E-state index is -3.21. The maximum atomic E-state index is 11.2. The number of aromatic nitrogens is 3. The zero-order valence-electron chi connectivity index (χ0n) is 6.94. The van der Waals surface area contributed by atoms with E-state index in [2.05, 4.69) is 31.1 Å². The zero-order valence-corrected chi connectivity index (χ0v) is 9.34. The minimum Gasteiger partial charge on any atom is -0.262 e. The second kappa shape index (κ2) is 4.16. The first-order chi connectivity index (χ1) is 6.06. The number of H-pyrrole nitrogens is 1. The molecule has 0 radical (unpaired) electrons. The van der Waals surface area contributed by atoms with Gasteiger partial charge in [-0.25, -0.2) is 13.4 Å². The summed E-state index contributed by atoms with van der Waals surface area (Å²) in [6.45, 7) is 0.202. The van der Waals surface area contributed by atoms with Crippen molar-refractivity contribution in [3.63, 3.8) is 0 Å². The number of halogens is 1.